The Kier molecular flexibility index (Phi) is 7.77. The number of nitrogens with zero attached hydrogens (tertiary/aromatic N) is 4. The summed E-state index contributed by atoms with van der Waals surface area (Å²) in [6.07, 6.45) is 0.846. The van der Waals surface area contributed by atoms with E-state index in [9.17, 15) is 18.9 Å². The molecule has 1 N–H and O–H groups in total. The lowest BCUT2D eigenvalue weighted by Crippen LogP contribution is -2.45. The highest BCUT2D eigenvalue weighted by atomic mass is 79.9. The van der Waals surface area contributed by atoms with Crippen molar-refractivity contribution in [3.63, 3.8) is 0 Å². The van der Waals surface area contributed by atoms with Crippen LogP contribution in [0.25, 0.3) is 0 Å². The summed E-state index contributed by atoms with van der Waals surface area (Å²) in [4.78, 5) is 38.2. The van der Waals surface area contributed by atoms with Gasteiger partial charge in [0.05, 0.1) is 10.4 Å². The van der Waals surface area contributed by atoms with Crippen LogP contribution in [0.4, 0.5) is 15.0 Å². The van der Waals surface area contributed by atoms with E-state index in [0.29, 0.717) is 24.9 Å². The van der Waals surface area contributed by atoms with Gasteiger partial charge in [0.1, 0.15) is 17.5 Å². The van der Waals surface area contributed by atoms with E-state index in [2.05, 4.69) is 36.7 Å². The van der Waals surface area contributed by atoms with Crippen molar-refractivity contribution < 1.29 is 23.3 Å². The van der Waals surface area contributed by atoms with Gasteiger partial charge in [-0.05, 0) is 72.4 Å². The maximum atomic E-state index is 13.5. The number of carbonyl (C=O) groups excluding carboxylic acids is 2. The van der Waals surface area contributed by atoms with Crippen LogP contribution in [0.3, 0.4) is 0 Å². The highest BCUT2D eigenvalue weighted by Gasteiger charge is 2.32. The molecule has 0 radical (unpaired) electrons. The number of aromatic nitrogens is 2. The number of nitrogens with one attached hydrogen (secondary N) is 1. The number of hydrogen-bond acceptors (Lipinski definition) is 8. The number of hydrogen-bond donors (Lipinski definition) is 1. The average molecular weight is 526 g/mol. The third kappa shape index (κ3) is 6.56. The molecule has 0 spiro atoms. The van der Waals surface area contributed by atoms with Gasteiger partial charge in [-0.25, -0.2) is 13.8 Å². The maximum Gasteiger partial charge on any atom is 0.410 e. The Hall–Kier alpha value is -2.89. The number of anilines is 1. The number of likely N-dealkylation sites (tertiary alicyclic amines) is 1. The average Bonchev–Trinajstić information content (AvgIpc) is 3.21. The molecule has 0 saturated carbocycles. The molecule has 33 heavy (non-hydrogen) atoms. The molecule has 3 rings (SSSR count). The second-order valence-electron chi connectivity index (χ2n) is 8.83. The van der Waals surface area contributed by atoms with Gasteiger partial charge in [0.15, 0.2) is 5.69 Å². The van der Waals surface area contributed by atoms with Gasteiger partial charge in [-0.1, -0.05) is 16.4 Å². The molecule has 10 nitrogen and oxygen atoms in total. The van der Waals surface area contributed by atoms with Gasteiger partial charge in [0.2, 0.25) is 11.7 Å². The minimum Gasteiger partial charge on any atom is -0.444 e. The summed E-state index contributed by atoms with van der Waals surface area (Å²) in [5.74, 6) is -1.32. The summed E-state index contributed by atoms with van der Waals surface area (Å²) in [5, 5.41) is 13.2. The Bertz CT molecular complexity index is 1020. The van der Waals surface area contributed by atoms with Crippen molar-refractivity contribution >= 4 is 33.7 Å². The third-order valence-electron chi connectivity index (χ3n) is 5.06. The monoisotopic (exact) mass is 525 g/mol. The first-order valence-corrected chi connectivity index (χ1v) is 11.2. The van der Waals surface area contributed by atoms with E-state index in [0.717, 1.165) is 0 Å². The van der Waals surface area contributed by atoms with Crippen molar-refractivity contribution in [1.82, 2.24) is 15.2 Å². The van der Waals surface area contributed by atoms with Crippen LogP contribution in [0.1, 0.15) is 50.9 Å². The minimum atomic E-state index is -1.01. The van der Waals surface area contributed by atoms with E-state index >= 15 is 0 Å². The summed E-state index contributed by atoms with van der Waals surface area (Å²) >= 11 is 3.10. The van der Waals surface area contributed by atoms with Crippen LogP contribution < -0.4 is 5.32 Å². The Morgan fingerprint density at radius 1 is 1.39 bits per heavy atom. The van der Waals surface area contributed by atoms with Crippen LogP contribution in [0, 0.1) is 16.6 Å². The molecule has 2 heterocycles. The highest BCUT2D eigenvalue weighted by molar-refractivity contribution is 9.10. The number of rotatable bonds is 6. The van der Waals surface area contributed by atoms with Crippen molar-refractivity contribution in [3.8, 4) is 0 Å². The predicted octanol–water partition coefficient (Wildman–Crippen LogP) is 4.61. The fraction of sp³-hybridized carbons (Fsp3) is 0.524. The second kappa shape index (κ2) is 10.4. The number of amides is 2. The van der Waals surface area contributed by atoms with Crippen LogP contribution >= 0.6 is 15.9 Å². The molecule has 178 valence electrons. The largest absolute Gasteiger partial charge is 0.444 e. The number of ether oxygens (including phenoxy) is 1. The van der Waals surface area contributed by atoms with Crippen LogP contribution in [0.15, 0.2) is 32.5 Å². The molecule has 1 aromatic carbocycles. The van der Waals surface area contributed by atoms with Crippen molar-refractivity contribution in [2.45, 2.75) is 51.7 Å². The van der Waals surface area contributed by atoms with Crippen molar-refractivity contribution in [2.24, 2.45) is 11.1 Å². The van der Waals surface area contributed by atoms with Gasteiger partial charge in [0, 0.05) is 19.5 Å². The SMILES string of the molecule is CC(C)(C)OC(=O)N1CCCC(C(=O)Nc2nonc2C(Cc2ccc(F)c(Br)c2)N=O)C1. The van der Waals surface area contributed by atoms with Crippen molar-refractivity contribution in [2.75, 3.05) is 18.4 Å². The van der Waals surface area contributed by atoms with E-state index in [-0.39, 0.29) is 34.9 Å². The first-order chi connectivity index (χ1) is 15.6. The number of benzene rings is 1. The molecule has 0 bridgehead atoms. The number of halogens is 2. The van der Waals surface area contributed by atoms with Crippen LogP contribution in [-0.4, -0.2) is 45.9 Å². The Labute approximate surface area is 198 Å². The zero-order valence-corrected chi connectivity index (χ0v) is 20.1. The lowest BCUT2D eigenvalue weighted by Gasteiger charge is -2.33. The molecular formula is C21H25BrFN5O5. The normalized spacial score (nSPS) is 17.4. The van der Waals surface area contributed by atoms with Crippen LogP contribution in [0.2, 0.25) is 0 Å². The molecular weight excluding hydrogens is 501 g/mol. The molecule has 1 aliphatic rings. The predicted molar refractivity (Wildman–Crippen MR) is 120 cm³/mol. The number of carbonyl (C=O) groups is 2. The summed E-state index contributed by atoms with van der Waals surface area (Å²) in [7, 11) is 0. The molecule has 1 aliphatic heterocycles. The summed E-state index contributed by atoms with van der Waals surface area (Å²) in [6.45, 7) is 6.03. The molecule has 2 unspecified atom stereocenters. The van der Waals surface area contributed by atoms with E-state index in [1.54, 1.807) is 20.8 Å². The molecule has 1 fully saturated rings. The zero-order chi connectivity index (χ0) is 24.2. The summed E-state index contributed by atoms with van der Waals surface area (Å²) in [6, 6.07) is 3.32. The standard InChI is InChI=1S/C21H25BrFN5O5/c1-21(2,3)32-20(30)28-8-4-5-13(11-28)19(29)24-18-17(26-33-27-18)16(25-31)10-12-6-7-15(23)14(22)9-12/h6-7,9,13,16H,4-5,8,10-11H2,1-3H3,(H,24,27,29). The lowest BCUT2D eigenvalue weighted by molar-refractivity contribution is -0.121. The Balaban J connectivity index is 1.67. The fourth-order valence-corrected chi connectivity index (χ4v) is 3.90. The minimum absolute atomic E-state index is 0.0137. The number of piperidine rings is 1. The topological polar surface area (TPSA) is 127 Å². The van der Waals surface area contributed by atoms with Gasteiger partial charge in [-0.2, -0.15) is 4.91 Å². The maximum absolute atomic E-state index is 13.5. The first kappa shape index (κ1) is 24.7. The van der Waals surface area contributed by atoms with Crippen LogP contribution in [-0.2, 0) is 16.0 Å². The fourth-order valence-electron chi connectivity index (χ4n) is 3.48. The van der Waals surface area contributed by atoms with Gasteiger partial charge >= 0.3 is 6.09 Å². The van der Waals surface area contributed by atoms with Crippen molar-refractivity contribution in [3.05, 3.63) is 44.7 Å². The Morgan fingerprint density at radius 3 is 2.82 bits per heavy atom. The Morgan fingerprint density at radius 2 is 2.15 bits per heavy atom. The molecule has 1 saturated heterocycles. The van der Waals surface area contributed by atoms with Crippen LogP contribution in [0.5, 0.6) is 0 Å². The quantitative estimate of drug-likeness (QED) is 0.545. The third-order valence-corrected chi connectivity index (χ3v) is 5.66. The molecule has 0 aliphatic carbocycles. The molecule has 12 heteroatoms. The molecule has 1 aromatic heterocycles. The highest BCUT2D eigenvalue weighted by Crippen LogP contribution is 2.29. The van der Waals surface area contributed by atoms with E-state index in [4.69, 9.17) is 9.37 Å². The summed E-state index contributed by atoms with van der Waals surface area (Å²) < 4.78 is 23.9. The van der Waals surface area contributed by atoms with E-state index in [1.165, 1.54) is 23.1 Å². The molecule has 2 atom stereocenters. The zero-order valence-electron chi connectivity index (χ0n) is 18.5. The van der Waals surface area contributed by atoms with Gasteiger partial charge < -0.3 is 15.0 Å². The second-order valence-corrected chi connectivity index (χ2v) is 9.68. The van der Waals surface area contributed by atoms with Gasteiger partial charge in [-0.15, -0.1) is 0 Å². The van der Waals surface area contributed by atoms with Crippen molar-refractivity contribution in [1.29, 1.82) is 0 Å². The lowest BCUT2D eigenvalue weighted by atomic mass is 9.97. The molecule has 2 aromatic rings. The van der Waals surface area contributed by atoms with E-state index in [1.807, 2.05) is 0 Å². The summed E-state index contributed by atoms with van der Waals surface area (Å²) in [5.41, 5.74) is 0.0666. The molecule has 2 amide bonds. The van der Waals surface area contributed by atoms with Gasteiger partial charge in [-0.3, -0.25) is 4.79 Å². The smallest absolute Gasteiger partial charge is 0.410 e. The number of nitroso groups, excluding NO2 is 1. The van der Waals surface area contributed by atoms with Gasteiger partial charge in [0.25, 0.3) is 0 Å². The first-order valence-electron chi connectivity index (χ1n) is 10.4. The van der Waals surface area contributed by atoms with E-state index < -0.39 is 29.5 Å².